The van der Waals surface area contributed by atoms with Crippen LogP contribution in [0.5, 0.6) is 5.88 Å². The van der Waals surface area contributed by atoms with Crippen LogP contribution in [0.2, 0.25) is 0 Å². The van der Waals surface area contributed by atoms with Crippen LogP contribution >= 0.6 is 0 Å². The van der Waals surface area contributed by atoms with Gasteiger partial charge in [0.05, 0.1) is 13.3 Å². The minimum Gasteiger partial charge on any atom is -0.480 e. The minimum atomic E-state index is 0.00145. The van der Waals surface area contributed by atoms with E-state index in [0.29, 0.717) is 23.3 Å². The van der Waals surface area contributed by atoms with Gasteiger partial charge in [-0.2, -0.15) is 0 Å². The van der Waals surface area contributed by atoms with Gasteiger partial charge in [0.25, 0.3) is 5.91 Å². The first-order valence-electron chi connectivity index (χ1n) is 9.18. The third kappa shape index (κ3) is 3.33. The largest absolute Gasteiger partial charge is 0.480 e. The number of nitrogens with zero attached hydrogens (tertiary/aromatic N) is 5. The molecule has 0 spiro atoms. The summed E-state index contributed by atoms with van der Waals surface area (Å²) in [7, 11) is 1.57. The fraction of sp³-hybridized carbons (Fsp3) is 0.611. The van der Waals surface area contributed by atoms with Crippen LogP contribution in [0.25, 0.3) is 5.65 Å². The van der Waals surface area contributed by atoms with Crippen molar-refractivity contribution < 1.29 is 9.53 Å². The van der Waals surface area contributed by atoms with E-state index >= 15 is 0 Å². The molecule has 25 heavy (non-hydrogen) atoms. The lowest BCUT2D eigenvalue weighted by molar-refractivity contribution is 0.0585. The normalized spacial score (nSPS) is 20.1. The Bertz CT molecular complexity index is 745. The van der Waals surface area contributed by atoms with Crippen molar-refractivity contribution in [1.29, 1.82) is 0 Å². The number of imidazole rings is 1. The number of hydrogen-bond acceptors (Lipinski definition) is 5. The number of aromatic nitrogens is 3. The third-order valence-corrected chi connectivity index (χ3v) is 5.38. The molecule has 0 aliphatic carbocycles. The van der Waals surface area contributed by atoms with Crippen molar-refractivity contribution in [1.82, 2.24) is 24.4 Å². The second kappa shape index (κ2) is 7.00. The Labute approximate surface area is 147 Å². The molecule has 2 aliphatic rings. The van der Waals surface area contributed by atoms with Crippen LogP contribution in [0.1, 0.15) is 42.6 Å². The Morgan fingerprint density at radius 1 is 1.12 bits per heavy atom. The average Bonchev–Trinajstić information content (AvgIpc) is 3.11. The third-order valence-electron chi connectivity index (χ3n) is 5.38. The maximum absolute atomic E-state index is 12.8. The van der Waals surface area contributed by atoms with Gasteiger partial charge in [0.2, 0.25) is 5.88 Å². The summed E-state index contributed by atoms with van der Waals surface area (Å²) in [5.41, 5.74) is 1.12. The van der Waals surface area contributed by atoms with Gasteiger partial charge in [-0.15, -0.1) is 5.10 Å². The Hall–Kier alpha value is -2.15. The Kier molecular flexibility index (Phi) is 4.57. The highest BCUT2D eigenvalue weighted by Gasteiger charge is 2.29. The first-order chi connectivity index (χ1) is 12.2. The maximum Gasteiger partial charge on any atom is 0.274 e. The summed E-state index contributed by atoms with van der Waals surface area (Å²) in [6.07, 6.45) is 7.81. The van der Waals surface area contributed by atoms with E-state index in [9.17, 15) is 4.79 Å². The number of piperidine rings is 2. The predicted octanol–water partition coefficient (Wildman–Crippen LogP) is 1.83. The van der Waals surface area contributed by atoms with Crippen LogP contribution in [-0.4, -0.2) is 69.6 Å². The summed E-state index contributed by atoms with van der Waals surface area (Å²) >= 11 is 0. The van der Waals surface area contributed by atoms with E-state index in [1.165, 1.54) is 32.4 Å². The predicted molar refractivity (Wildman–Crippen MR) is 93.9 cm³/mol. The zero-order valence-corrected chi connectivity index (χ0v) is 14.7. The van der Waals surface area contributed by atoms with Gasteiger partial charge in [-0.1, -0.05) is 6.42 Å². The van der Waals surface area contributed by atoms with E-state index in [0.717, 1.165) is 25.9 Å². The molecule has 0 radical (unpaired) electrons. The molecular weight excluding hydrogens is 318 g/mol. The standard InChI is InChI=1S/C18H25N5O2/c1-25-17-6-5-16-19-15(13-23(16)20-17)18(24)22-11-7-14(8-12-22)21-9-3-2-4-10-21/h5-6,13-14H,2-4,7-12H2,1H3. The topological polar surface area (TPSA) is 63.0 Å². The van der Waals surface area contributed by atoms with Crippen LogP contribution in [0.15, 0.2) is 18.3 Å². The molecule has 0 bridgehead atoms. The summed E-state index contributed by atoms with van der Waals surface area (Å²) in [6.45, 7) is 4.06. The van der Waals surface area contributed by atoms with E-state index in [2.05, 4.69) is 15.0 Å². The van der Waals surface area contributed by atoms with Crippen LogP contribution < -0.4 is 4.74 Å². The number of rotatable bonds is 3. The molecule has 4 heterocycles. The zero-order valence-electron chi connectivity index (χ0n) is 14.7. The van der Waals surface area contributed by atoms with Gasteiger partial charge in [-0.3, -0.25) is 4.79 Å². The molecule has 2 aromatic rings. The highest BCUT2D eigenvalue weighted by Crippen LogP contribution is 2.22. The first-order valence-corrected chi connectivity index (χ1v) is 9.18. The molecule has 7 nitrogen and oxygen atoms in total. The summed E-state index contributed by atoms with van der Waals surface area (Å²) in [5, 5.41) is 4.27. The van der Waals surface area contributed by atoms with Gasteiger partial charge < -0.3 is 14.5 Å². The lowest BCUT2D eigenvalue weighted by atomic mass is 10.00. The fourth-order valence-electron chi connectivity index (χ4n) is 3.96. The zero-order chi connectivity index (χ0) is 17.2. The lowest BCUT2D eigenvalue weighted by Gasteiger charge is -2.40. The number of carbonyl (C=O) groups excluding carboxylic acids is 1. The maximum atomic E-state index is 12.8. The molecule has 134 valence electrons. The Morgan fingerprint density at radius 2 is 1.88 bits per heavy atom. The van der Waals surface area contributed by atoms with Crippen molar-refractivity contribution in [3.63, 3.8) is 0 Å². The number of methoxy groups -OCH3 is 1. The summed E-state index contributed by atoms with van der Waals surface area (Å²) in [6, 6.07) is 4.20. The van der Waals surface area contributed by atoms with Crippen molar-refractivity contribution in [3.8, 4) is 5.88 Å². The average molecular weight is 343 g/mol. The molecule has 4 rings (SSSR count). The van der Waals surface area contributed by atoms with E-state index in [1.54, 1.807) is 23.9 Å². The molecule has 2 aromatic heterocycles. The van der Waals surface area contributed by atoms with E-state index in [1.807, 2.05) is 11.0 Å². The lowest BCUT2D eigenvalue weighted by Crippen LogP contribution is -2.48. The first kappa shape index (κ1) is 16.3. The summed E-state index contributed by atoms with van der Waals surface area (Å²) in [4.78, 5) is 21.7. The molecule has 2 aliphatic heterocycles. The van der Waals surface area contributed by atoms with Crippen LogP contribution in [-0.2, 0) is 0 Å². The molecule has 2 saturated heterocycles. The van der Waals surface area contributed by atoms with Crippen LogP contribution in [0, 0.1) is 0 Å². The van der Waals surface area contributed by atoms with E-state index < -0.39 is 0 Å². The van der Waals surface area contributed by atoms with E-state index in [-0.39, 0.29) is 5.91 Å². The monoisotopic (exact) mass is 343 g/mol. The van der Waals surface area contributed by atoms with Gasteiger partial charge in [-0.05, 0) is 44.8 Å². The minimum absolute atomic E-state index is 0.00145. The SMILES string of the molecule is COc1ccc2nc(C(=O)N3CCC(N4CCCCC4)CC3)cn2n1. The summed E-state index contributed by atoms with van der Waals surface area (Å²) in [5.74, 6) is 0.507. The van der Waals surface area contributed by atoms with Crippen molar-refractivity contribution in [2.75, 3.05) is 33.3 Å². The Morgan fingerprint density at radius 3 is 2.60 bits per heavy atom. The van der Waals surface area contributed by atoms with Crippen molar-refractivity contribution >= 4 is 11.6 Å². The number of hydrogen-bond donors (Lipinski definition) is 0. The molecular formula is C18H25N5O2. The molecule has 0 N–H and O–H groups in total. The van der Waals surface area contributed by atoms with E-state index in [4.69, 9.17) is 4.74 Å². The number of fused-ring (bicyclic) bond motifs is 1. The molecule has 7 heteroatoms. The number of amides is 1. The van der Waals surface area contributed by atoms with Gasteiger partial charge in [0.15, 0.2) is 5.65 Å². The molecule has 0 saturated carbocycles. The molecule has 1 amide bonds. The molecule has 0 atom stereocenters. The number of carbonyl (C=O) groups is 1. The number of likely N-dealkylation sites (tertiary alicyclic amines) is 2. The molecule has 2 fully saturated rings. The smallest absolute Gasteiger partial charge is 0.274 e. The second-order valence-electron chi connectivity index (χ2n) is 6.92. The quantitative estimate of drug-likeness (QED) is 0.851. The van der Waals surface area contributed by atoms with Crippen molar-refractivity contribution in [3.05, 3.63) is 24.0 Å². The Balaban J connectivity index is 1.41. The van der Waals surface area contributed by atoms with Gasteiger partial charge in [0.1, 0.15) is 5.69 Å². The van der Waals surface area contributed by atoms with Crippen LogP contribution in [0.4, 0.5) is 0 Å². The van der Waals surface area contributed by atoms with Crippen molar-refractivity contribution in [2.45, 2.75) is 38.1 Å². The highest BCUT2D eigenvalue weighted by atomic mass is 16.5. The second-order valence-corrected chi connectivity index (χ2v) is 6.92. The van der Waals surface area contributed by atoms with Gasteiger partial charge in [0, 0.05) is 25.2 Å². The fourth-order valence-corrected chi connectivity index (χ4v) is 3.96. The number of ether oxygens (including phenoxy) is 1. The highest BCUT2D eigenvalue weighted by molar-refractivity contribution is 5.93. The van der Waals surface area contributed by atoms with Gasteiger partial charge in [-0.25, -0.2) is 9.50 Å². The molecule has 0 aromatic carbocycles. The van der Waals surface area contributed by atoms with Crippen LogP contribution in [0.3, 0.4) is 0 Å². The molecule has 0 unspecified atom stereocenters. The van der Waals surface area contributed by atoms with Crippen molar-refractivity contribution in [2.24, 2.45) is 0 Å². The van der Waals surface area contributed by atoms with Gasteiger partial charge >= 0.3 is 0 Å². The summed E-state index contributed by atoms with van der Waals surface area (Å²) < 4.78 is 6.72.